The molecule has 92 valence electrons. The Morgan fingerprint density at radius 3 is 1.50 bits per heavy atom. The lowest BCUT2D eigenvalue weighted by molar-refractivity contribution is 0.282. The van der Waals surface area contributed by atoms with Crippen LogP contribution >= 0.6 is 0 Å². The van der Waals surface area contributed by atoms with Crippen LogP contribution in [0.1, 0.15) is 16.7 Å². The van der Waals surface area contributed by atoms with Crippen molar-refractivity contribution in [3.8, 4) is 0 Å². The molecule has 1 heteroatoms. The molecule has 0 saturated heterocycles. The van der Waals surface area contributed by atoms with Crippen LogP contribution in [-0.2, 0) is 6.61 Å². The van der Waals surface area contributed by atoms with E-state index >= 15 is 0 Å². The van der Waals surface area contributed by atoms with Gasteiger partial charge in [0.05, 0.1) is 6.61 Å². The van der Waals surface area contributed by atoms with Gasteiger partial charge in [0, 0.05) is 0 Å². The molecule has 0 saturated carbocycles. The van der Waals surface area contributed by atoms with E-state index in [1.807, 2.05) is 66.7 Å². The Bertz CT molecular complexity index is 442. The average Bonchev–Trinajstić information content (AvgIpc) is 2.49. The molecular formula is C17H18O. The molecule has 0 aliphatic carbocycles. The molecule has 18 heavy (non-hydrogen) atoms. The average molecular weight is 238 g/mol. The summed E-state index contributed by atoms with van der Waals surface area (Å²) in [6.45, 7) is 7.46. The molecule has 0 spiro atoms. The molecule has 0 unspecified atom stereocenters. The first-order chi connectivity index (χ1) is 8.80. The van der Waals surface area contributed by atoms with Gasteiger partial charge < -0.3 is 5.11 Å². The van der Waals surface area contributed by atoms with Crippen molar-refractivity contribution in [2.75, 3.05) is 0 Å². The van der Waals surface area contributed by atoms with Crippen molar-refractivity contribution in [2.24, 2.45) is 0 Å². The standard InChI is InChI=1S/C10H10.C7H8O/c1-3-9-5-7-10(4-2)8-6-9;8-6-7-4-2-1-3-5-7/h3-8H,1-2H2;1-5,8H,6H2. The molecule has 1 N–H and O–H groups in total. The topological polar surface area (TPSA) is 20.2 Å². The highest BCUT2D eigenvalue weighted by Crippen LogP contribution is 2.05. The molecule has 0 bridgehead atoms. The Labute approximate surface area is 109 Å². The van der Waals surface area contributed by atoms with Crippen LogP contribution in [0.15, 0.2) is 67.8 Å². The van der Waals surface area contributed by atoms with E-state index in [2.05, 4.69) is 13.2 Å². The van der Waals surface area contributed by atoms with E-state index < -0.39 is 0 Å². The normalized spacial score (nSPS) is 8.94. The smallest absolute Gasteiger partial charge is 0.0681 e. The molecular weight excluding hydrogens is 220 g/mol. The number of hydrogen-bond acceptors (Lipinski definition) is 1. The zero-order chi connectivity index (χ0) is 13.2. The maximum absolute atomic E-state index is 8.54. The van der Waals surface area contributed by atoms with Gasteiger partial charge in [-0.05, 0) is 16.7 Å². The SMILES string of the molecule is C=Cc1ccc(C=C)cc1.OCc1ccccc1. The molecule has 0 fully saturated rings. The minimum Gasteiger partial charge on any atom is -0.392 e. The summed E-state index contributed by atoms with van der Waals surface area (Å²) in [7, 11) is 0. The second kappa shape index (κ2) is 8.04. The molecule has 0 amide bonds. The van der Waals surface area contributed by atoms with Gasteiger partial charge in [0.15, 0.2) is 0 Å². The minimum absolute atomic E-state index is 0.140. The highest BCUT2D eigenvalue weighted by molar-refractivity contribution is 5.53. The van der Waals surface area contributed by atoms with Crippen molar-refractivity contribution in [3.05, 3.63) is 84.4 Å². The quantitative estimate of drug-likeness (QED) is 0.851. The van der Waals surface area contributed by atoms with Gasteiger partial charge in [0.1, 0.15) is 0 Å². The number of aliphatic hydroxyl groups excluding tert-OH is 1. The van der Waals surface area contributed by atoms with Gasteiger partial charge >= 0.3 is 0 Å². The van der Waals surface area contributed by atoms with Crippen molar-refractivity contribution in [3.63, 3.8) is 0 Å². The van der Waals surface area contributed by atoms with Crippen LogP contribution in [0.3, 0.4) is 0 Å². The lowest BCUT2D eigenvalue weighted by Crippen LogP contribution is -1.77. The predicted octanol–water partition coefficient (Wildman–Crippen LogP) is 4.15. The van der Waals surface area contributed by atoms with Crippen LogP contribution in [0, 0.1) is 0 Å². The summed E-state index contributed by atoms with van der Waals surface area (Å²) in [5.41, 5.74) is 3.25. The summed E-state index contributed by atoms with van der Waals surface area (Å²) in [6, 6.07) is 17.6. The van der Waals surface area contributed by atoms with Gasteiger partial charge in [-0.1, -0.05) is 79.9 Å². The molecule has 0 aliphatic heterocycles. The number of hydrogen-bond donors (Lipinski definition) is 1. The Morgan fingerprint density at radius 2 is 1.22 bits per heavy atom. The van der Waals surface area contributed by atoms with E-state index in [9.17, 15) is 0 Å². The van der Waals surface area contributed by atoms with E-state index in [1.165, 1.54) is 0 Å². The third-order valence-corrected chi connectivity index (χ3v) is 2.43. The van der Waals surface area contributed by atoms with E-state index in [0.29, 0.717) is 0 Å². The third-order valence-electron chi connectivity index (χ3n) is 2.43. The summed E-state index contributed by atoms with van der Waals surface area (Å²) < 4.78 is 0. The third kappa shape index (κ3) is 4.81. The maximum atomic E-state index is 8.54. The fourth-order valence-electron chi connectivity index (χ4n) is 1.35. The Hall–Kier alpha value is -2.12. The van der Waals surface area contributed by atoms with Gasteiger partial charge in [0.2, 0.25) is 0 Å². The van der Waals surface area contributed by atoms with Crippen molar-refractivity contribution >= 4 is 12.2 Å². The van der Waals surface area contributed by atoms with Crippen molar-refractivity contribution < 1.29 is 5.11 Å². The van der Waals surface area contributed by atoms with E-state index in [0.717, 1.165) is 16.7 Å². The van der Waals surface area contributed by atoms with Gasteiger partial charge in [-0.3, -0.25) is 0 Å². The molecule has 2 rings (SSSR count). The Morgan fingerprint density at radius 1 is 0.778 bits per heavy atom. The van der Waals surface area contributed by atoms with E-state index in [4.69, 9.17) is 5.11 Å². The van der Waals surface area contributed by atoms with Crippen LogP contribution in [-0.4, -0.2) is 5.11 Å². The Balaban J connectivity index is 0.000000184. The summed E-state index contributed by atoms with van der Waals surface area (Å²) in [5.74, 6) is 0. The molecule has 2 aromatic carbocycles. The summed E-state index contributed by atoms with van der Waals surface area (Å²) >= 11 is 0. The molecule has 0 atom stereocenters. The van der Waals surface area contributed by atoms with Crippen LogP contribution < -0.4 is 0 Å². The minimum atomic E-state index is 0.140. The maximum Gasteiger partial charge on any atom is 0.0681 e. The monoisotopic (exact) mass is 238 g/mol. The zero-order valence-electron chi connectivity index (χ0n) is 10.4. The second-order valence-electron chi connectivity index (χ2n) is 3.72. The van der Waals surface area contributed by atoms with Crippen molar-refractivity contribution in [2.45, 2.75) is 6.61 Å². The van der Waals surface area contributed by atoms with Gasteiger partial charge in [-0.2, -0.15) is 0 Å². The van der Waals surface area contributed by atoms with Crippen LogP contribution in [0.25, 0.3) is 12.2 Å². The number of benzene rings is 2. The fraction of sp³-hybridized carbons (Fsp3) is 0.0588. The fourth-order valence-corrected chi connectivity index (χ4v) is 1.35. The van der Waals surface area contributed by atoms with Crippen LogP contribution in [0.2, 0.25) is 0 Å². The molecule has 0 aliphatic rings. The van der Waals surface area contributed by atoms with Gasteiger partial charge in [0.25, 0.3) is 0 Å². The highest BCUT2D eigenvalue weighted by atomic mass is 16.3. The van der Waals surface area contributed by atoms with Crippen LogP contribution in [0.4, 0.5) is 0 Å². The summed E-state index contributed by atoms with van der Waals surface area (Å²) in [5, 5.41) is 8.54. The first-order valence-electron chi connectivity index (χ1n) is 5.80. The van der Waals surface area contributed by atoms with Crippen LogP contribution in [0.5, 0.6) is 0 Å². The van der Waals surface area contributed by atoms with Crippen molar-refractivity contribution in [1.29, 1.82) is 0 Å². The largest absolute Gasteiger partial charge is 0.392 e. The molecule has 0 radical (unpaired) electrons. The summed E-state index contributed by atoms with van der Waals surface area (Å²) in [6.07, 6.45) is 3.65. The highest BCUT2D eigenvalue weighted by Gasteiger charge is 1.84. The predicted molar refractivity (Wildman–Crippen MR) is 79.0 cm³/mol. The molecule has 0 aromatic heterocycles. The van der Waals surface area contributed by atoms with Gasteiger partial charge in [-0.25, -0.2) is 0 Å². The number of aliphatic hydroxyl groups is 1. The van der Waals surface area contributed by atoms with E-state index in [1.54, 1.807) is 0 Å². The van der Waals surface area contributed by atoms with E-state index in [-0.39, 0.29) is 6.61 Å². The Kier molecular flexibility index (Phi) is 6.23. The van der Waals surface area contributed by atoms with Crippen molar-refractivity contribution in [1.82, 2.24) is 0 Å². The number of rotatable bonds is 3. The molecule has 0 heterocycles. The second-order valence-corrected chi connectivity index (χ2v) is 3.72. The zero-order valence-corrected chi connectivity index (χ0v) is 10.4. The molecule has 2 aromatic rings. The molecule has 1 nitrogen and oxygen atoms in total. The lowest BCUT2D eigenvalue weighted by Gasteiger charge is -1.92. The first-order valence-corrected chi connectivity index (χ1v) is 5.80. The van der Waals surface area contributed by atoms with Gasteiger partial charge in [-0.15, -0.1) is 0 Å². The lowest BCUT2D eigenvalue weighted by atomic mass is 10.1. The summed E-state index contributed by atoms with van der Waals surface area (Å²) in [4.78, 5) is 0. The first kappa shape index (κ1) is 13.9.